The lowest BCUT2D eigenvalue weighted by Gasteiger charge is -2.21. The summed E-state index contributed by atoms with van der Waals surface area (Å²) < 4.78 is 0. The van der Waals surface area contributed by atoms with Gasteiger partial charge in [-0.15, -0.1) is 0 Å². The van der Waals surface area contributed by atoms with Gasteiger partial charge in [0.25, 0.3) is 5.91 Å². The zero-order chi connectivity index (χ0) is 25.9. The zero-order valence-electron chi connectivity index (χ0n) is 21.5. The third kappa shape index (κ3) is 5.35. The molecule has 1 aliphatic carbocycles. The van der Waals surface area contributed by atoms with Gasteiger partial charge in [-0.25, -0.2) is 4.98 Å². The highest BCUT2D eigenvalue weighted by Crippen LogP contribution is 2.35. The molecule has 0 spiro atoms. The van der Waals surface area contributed by atoms with Crippen LogP contribution >= 0.6 is 0 Å². The molecule has 7 heteroatoms. The van der Waals surface area contributed by atoms with Gasteiger partial charge in [0, 0.05) is 43.3 Å². The number of carbonyl (C=O) groups excluding carboxylic acids is 2. The van der Waals surface area contributed by atoms with Gasteiger partial charge in [0.1, 0.15) is 5.82 Å². The van der Waals surface area contributed by atoms with Gasteiger partial charge in [-0.1, -0.05) is 18.2 Å². The molecule has 2 heterocycles. The first-order valence-electron chi connectivity index (χ1n) is 12.8. The predicted molar refractivity (Wildman–Crippen MR) is 150 cm³/mol. The standard InChI is InChI=1S/C30H33N5O2/c1-34(2)24-13-10-20(11-14-24)25-7-3-4-8-26(25)30(37)33-23-12-15-27-21(18-23)16-17-35(27)29(36)19-22-6-5-9-28(31)32-22/h5-6,9-15,18H,3-4,7-8,16-17,19H2,1-2H3,(H2,31,32)(H,33,37). The maximum atomic E-state index is 13.4. The summed E-state index contributed by atoms with van der Waals surface area (Å²) in [6.07, 6.45) is 4.76. The maximum Gasteiger partial charge on any atom is 0.251 e. The van der Waals surface area contributed by atoms with Crippen molar-refractivity contribution >= 4 is 40.3 Å². The maximum absolute atomic E-state index is 13.4. The molecule has 0 bridgehead atoms. The van der Waals surface area contributed by atoms with Gasteiger partial charge in [0.2, 0.25) is 5.91 Å². The summed E-state index contributed by atoms with van der Waals surface area (Å²) in [5.41, 5.74) is 13.4. The van der Waals surface area contributed by atoms with Crippen LogP contribution < -0.4 is 20.9 Å². The van der Waals surface area contributed by atoms with Crippen molar-refractivity contribution in [3.8, 4) is 0 Å². The number of carbonyl (C=O) groups is 2. The molecular weight excluding hydrogens is 462 g/mol. The molecule has 0 fully saturated rings. The van der Waals surface area contributed by atoms with Gasteiger partial charge in [0.05, 0.1) is 12.1 Å². The smallest absolute Gasteiger partial charge is 0.251 e. The normalized spacial score (nSPS) is 14.9. The minimum Gasteiger partial charge on any atom is -0.384 e. The molecule has 2 amide bonds. The third-order valence-electron chi connectivity index (χ3n) is 7.17. The van der Waals surface area contributed by atoms with E-state index in [4.69, 9.17) is 5.73 Å². The van der Waals surface area contributed by atoms with Crippen molar-refractivity contribution in [2.45, 2.75) is 38.5 Å². The van der Waals surface area contributed by atoms with Crippen LogP contribution in [0, 0.1) is 0 Å². The Morgan fingerprint density at radius 1 is 1.00 bits per heavy atom. The number of anilines is 4. The first-order chi connectivity index (χ1) is 17.9. The van der Waals surface area contributed by atoms with Crippen LogP contribution in [0.3, 0.4) is 0 Å². The van der Waals surface area contributed by atoms with Crippen LogP contribution in [0.4, 0.5) is 22.9 Å². The summed E-state index contributed by atoms with van der Waals surface area (Å²) in [5, 5.41) is 3.13. The summed E-state index contributed by atoms with van der Waals surface area (Å²) in [6, 6.07) is 19.6. The van der Waals surface area contributed by atoms with Gasteiger partial charge in [-0.3, -0.25) is 9.59 Å². The molecule has 37 heavy (non-hydrogen) atoms. The Morgan fingerprint density at radius 2 is 1.78 bits per heavy atom. The van der Waals surface area contributed by atoms with Crippen LogP contribution in [-0.2, 0) is 22.4 Å². The van der Waals surface area contributed by atoms with E-state index in [0.717, 1.165) is 71.4 Å². The van der Waals surface area contributed by atoms with Crippen molar-refractivity contribution in [3.63, 3.8) is 0 Å². The minimum absolute atomic E-state index is 0.00840. The number of hydrogen-bond donors (Lipinski definition) is 2. The quantitative estimate of drug-likeness (QED) is 0.511. The first kappa shape index (κ1) is 24.6. The topological polar surface area (TPSA) is 91.6 Å². The molecule has 7 nitrogen and oxygen atoms in total. The molecule has 5 rings (SSSR count). The van der Waals surface area contributed by atoms with E-state index in [0.29, 0.717) is 18.1 Å². The molecule has 2 aromatic carbocycles. The second kappa shape index (κ2) is 10.5. The van der Waals surface area contributed by atoms with Gasteiger partial charge in [-0.2, -0.15) is 0 Å². The van der Waals surface area contributed by atoms with Gasteiger partial charge < -0.3 is 20.9 Å². The highest BCUT2D eigenvalue weighted by Gasteiger charge is 2.26. The Balaban J connectivity index is 1.31. The van der Waals surface area contributed by atoms with E-state index in [1.54, 1.807) is 11.0 Å². The number of benzene rings is 2. The average Bonchev–Trinajstić information content (AvgIpc) is 3.32. The lowest BCUT2D eigenvalue weighted by Crippen LogP contribution is -2.30. The van der Waals surface area contributed by atoms with Crippen LogP contribution in [0.25, 0.3) is 5.57 Å². The van der Waals surface area contributed by atoms with E-state index in [2.05, 4.69) is 39.5 Å². The second-order valence-electron chi connectivity index (χ2n) is 9.93. The fourth-order valence-electron chi connectivity index (χ4n) is 5.23. The zero-order valence-corrected chi connectivity index (χ0v) is 21.5. The number of nitrogens with one attached hydrogen (secondary N) is 1. The second-order valence-corrected chi connectivity index (χ2v) is 9.93. The Hall–Kier alpha value is -4.13. The Kier molecular flexibility index (Phi) is 6.95. The van der Waals surface area contributed by atoms with Crippen LogP contribution in [0.1, 0.15) is 42.5 Å². The summed E-state index contributed by atoms with van der Waals surface area (Å²) in [6.45, 7) is 0.617. The number of pyridine rings is 1. The minimum atomic E-state index is -0.0370. The Morgan fingerprint density at radius 3 is 2.54 bits per heavy atom. The van der Waals surface area contributed by atoms with Crippen LogP contribution in [0.15, 0.2) is 66.2 Å². The monoisotopic (exact) mass is 495 g/mol. The molecule has 2 aliphatic rings. The number of nitrogens with two attached hydrogens (primary N) is 1. The fraction of sp³-hybridized carbons (Fsp3) is 0.300. The number of nitrogens with zero attached hydrogens (tertiary/aromatic N) is 3. The van der Waals surface area contributed by atoms with Gasteiger partial charge in [-0.05, 0) is 91.3 Å². The highest BCUT2D eigenvalue weighted by atomic mass is 16.2. The molecule has 190 valence electrons. The van der Waals surface area contributed by atoms with Crippen molar-refractivity contribution in [1.29, 1.82) is 0 Å². The van der Waals surface area contributed by atoms with Crippen molar-refractivity contribution in [2.24, 2.45) is 0 Å². The molecule has 0 saturated carbocycles. The molecule has 0 unspecified atom stereocenters. The molecule has 0 saturated heterocycles. The molecule has 0 atom stereocenters. The van der Waals surface area contributed by atoms with Crippen LogP contribution in [-0.4, -0.2) is 37.4 Å². The lowest BCUT2D eigenvalue weighted by atomic mass is 9.86. The van der Waals surface area contributed by atoms with E-state index in [-0.39, 0.29) is 18.2 Å². The van der Waals surface area contributed by atoms with E-state index < -0.39 is 0 Å². The molecule has 1 aromatic heterocycles. The highest BCUT2D eigenvalue weighted by molar-refractivity contribution is 6.09. The predicted octanol–water partition coefficient (Wildman–Crippen LogP) is 4.83. The largest absolute Gasteiger partial charge is 0.384 e. The van der Waals surface area contributed by atoms with E-state index >= 15 is 0 Å². The summed E-state index contributed by atoms with van der Waals surface area (Å²) in [5.74, 6) is 0.366. The van der Waals surface area contributed by atoms with E-state index in [9.17, 15) is 9.59 Å². The van der Waals surface area contributed by atoms with Crippen molar-refractivity contribution in [2.75, 3.05) is 41.5 Å². The molecule has 0 radical (unpaired) electrons. The van der Waals surface area contributed by atoms with Crippen LogP contribution in [0.2, 0.25) is 0 Å². The van der Waals surface area contributed by atoms with Crippen molar-refractivity contribution < 1.29 is 9.59 Å². The number of rotatable bonds is 6. The molecule has 3 aromatic rings. The van der Waals surface area contributed by atoms with Crippen molar-refractivity contribution in [3.05, 3.63) is 83.1 Å². The fourth-order valence-corrected chi connectivity index (χ4v) is 5.23. The van der Waals surface area contributed by atoms with E-state index in [1.807, 2.05) is 44.4 Å². The van der Waals surface area contributed by atoms with Gasteiger partial charge in [0.15, 0.2) is 0 Å². The summed E-state index contributed by atoms with van der Waals surface area (Å²) in [7, 11) is 4.05. The molecular formula is C30H33N5O2. The first-order valence-corrected chi connectivity index (χ1v) is 12.8. The third-order valence-corrected chi connectivity index (χ3v) is 7.17. The van der Waals surface area contributed by atoms with E-state index in [1.165, 1.54) is 0 Å². The van der Waals surface area contributed by atoms with Gasteiger partial charge >= 0.3 is 0 Å². The molecule has 1 aliphatic heterocycles. The van der Waals surface area contributed by atoms with Crippen molar-refractivity contribution in [1.82, 2.24) is 4.98 Å². The number of amides is 2. The number of nitrogen functional groups attached to an aromatic ring is 1. The SMILES string of the molecule is CN(C)c1ccc(C2=C(C(=O)Nc3ccc4c(c3)CCN4C(=O)Cc3cccc(N)n3)CCCC2)cc1. The Labute approximate surface area is 218 Å². The number of aromatic nitrogens is 1. The summed E-state index contributed by atoms with van der Waals surface area (Å²) in [4.78, 5) is 34.4. The number of hydrogen-bond acceptors (Lipinski definition) is 5. The molecule has 3 N–H and O–H groups in total. The summed E-state index contributed by atoms with van der Waals surface area (Å²) >= 11 is 0. The average molecular weight is 496 g/mol. The Bertz CT molecular complexity index is 1360. The number of allylic oxidation sites excluding steroid dienone is 1. The van der Waals surface area contributed by atoms with Crippen LogP contribution in [0.5, 0.6) is 0 Å². The number of fused-ring (bicyclic) bond motifs is 1. The lowest BCUT2D eigenvalue weighted by molar-refractivity contribution is -0.118.